The highest BCUT2D eigenvalue weighted by molar-refractivity contribution is 7.93. The second kappa shape index (κ2) is 9.68. The van der Waals surface area contributed by atoms with E-state index in [9.17, 15) is 13.2 Å². The van der Waals surface area contributed by atoms with Crippen LogP contribution in [0.1, 0.15) is 18.4 Å². The topological polar surface area (TPSA) is 84.9 Å². The van der Waals surface area contributed by atoms with E-state index in [1.165, 1.54) is 13.2 Å². The van der Waals surface area contributed by atoms with Crippen molar-refractivity contribution in [3.63, 3.8) is 0 Å². The molecule has 0 unspecified atom stereocenters. The lowest BCUT2D eigenvalue weighted by Gasteiger charge is -2.25. The van der Waals surface area contributed by atoms with E-state index in [0.717, 1.165) is 22.7 Å². The molecule has 1 atom stereocenters. The molecule has 0 bridgehead atoms. The number of hydrogen-bond donors (Lipinski definition) is 1. The monoisotopic (exact) mass is 452 g/mol. The van der Waals surface area contributed by atoms with Crippen LogP contribution in [0.5, 0.6) is 5.75 Å². The molecule has 0 saturated carbocycles. The van der Waals surface area contributed by atoms with Crippen LogP contribution >= 0.6 is 11.6 Å². The number of halogens is 1. The summed E-state index contributed by atoms with van der Waals surface area (Å²) in [5, 5.41) is 3.24. The second-order valence-corrected chi connectivity index (χ2v) is 9.35. The predicted molar refractivity (Wildman–Crippen MR) is 116 cm³/mol. The Morgan fingerprint density at radius 2 is 2.00 bits per heavy atom. The first-order valence-electron chi connectivity index (χ1n) is 9.62. The van der Waals surface area contributed by atoms with Crippen molar-refractivity contribution in [2.75, 3.05) is 31.1 Å². The van der Waals surface area contributed by atoms with E-state index in [4.69, 9.17) is 21.1 Å². The number of amides is 1. The molecule has 1 aliphatic rings. The molecule has 1 aliphatic heterocycles. The van der Waals surface area contributed by atoms with E-state index < -0.39 is 15.9 Å². The molecule has 0 aliphatic carbocycles. The van der Waals surface area contributed by atoms with Crippen molar-refractivity contribution in [3.05, 3.63) is 53.1 Å². The normalized spacial score (nSPS) is 16.3. The summed E-state index contributed by atoms with van der Waals surface area (Å²) in [6.07, 6.45) is 1.80. The Kier molecular flexibility index (Phi) is 7.23. The molecule has 1 N–H and O–H groups in total. The summed E-state index contributed by atoms with van der Waals surface area (Å²) >= 11 is 5.96. The van der Waals surface area contributed by atoms with Gasteiger partial charge in [-0.25, -0.2) is 8.42 Å². The molecular weight excluding hydrogens is 428 g/mol. The summed E-state index contributed by atoms with van der Waals surface area (Å²) in [4.78, 5) is 12.6. The second-order valence-electron chi connectivity index (χ2n) is 7.08. The van der Waals surface area contributed by atoms with Gasteiger partial charge < -0.3 is 14.8 Å². The summed E-state index contributed by atoms with van der Waals surface area (Å²) in [6, 6.07) is 11.2. The van der Waals surface area contributed by atoms with Crippen molar-refractivity contribution in [1.82, 2.24) is 5.32 Å². The third-order valence-electron chi connectivity index (χ3n) is 4.84. The minimum absolute atomic E-state index is 0.00752. The van der Waals surface area contributed by atoms with Gasteiger partial charge in [-0.15, -0.1) is 0 Å². The van der Waals surface area contributed by atoms with Crippen LogP contribution in [0, 0.1) is 6.92 Å². The van der Waals surface area contributed by atoms with Crippen molar-refractivity contribution in [3.8, 4) is 5.75 Å². The minimum Gasteiger partial charge on any atom is -0.495 e. The molecule has 2 aromatic rings. The van der Waals surface area contributed by atoms with E-state index in [0.29, 0.717) is 23.9 Å². The first-order valence-corrected chi connectivity index (χ1v) is 11.4. The SMILES string of the molecule is COc1ccc(C)cc1S(=O)(=O)N(CC(=O)NC[C@@H]1CCCO1)c1ccc(Cl)cc1. The van der Waals surface area contributed by atoms with Gasteiger partial charge in [0, 0.05) is 18.2 Å². The number of carbonyl (C=O) groups excluding carboxylic acids is 1. The molecule has 162 valence electrons. The molecule has 30 heavy (non-hydrogen) atoms. The lowest BCUT2D eigenvalue weighted by molar-refractivity contribution is -0.120. The molecule has 2 aromatic carbocycles. The van der Waals surface area contributed by atoms with Gasteiger partial charge in [-0.05, 0) is 61.7 Å². The number of methoxy groups -OCH3 is 1. The van der Waals surface area contributed by atoms with Crippen LogP contribution in [0.15, 0.2) is 47.4 Å². The maximum Gasteiger partial charge on any atom is 0.268 e. The molecule has 9 heteroatoms. The van der Waals surface area contributed by atoms with Gasteiger partial charge in [0.1, 0.15) is 17.2 Å². The average molecular weight is 453 g/mol. The van der Waals surface area contributed by atoms with Crippen molar-refractivity contribution in [2.45, 2.75) is 30.8 Å². The van der Waals surface area contributed by atoms with Crippen LogP contribution in [0.25, 0.3) is 0 Å². The highest BCUT2D eigenvalue weighted by atomic mass is 35.5. The first kappa shape index (κ1) is 22.4. The first-order chi connectivity index (χ1) is 14.3. The average Bonchev–Trinajstić information content (AvgIpc) is 3.25. The number of benzene rings is 2. The number of anilines is 1. The number of nitrogens with zero attached hydrogens (tertiary/aromatic N) is 1. The zero-order valence-corrected chi connectivity index (χ0v) is 18.5. The maximum absolute atomic E-state index is 13.6. The van der Waals surface area contributed by atoms with Gasteiger partial charge in [0.15, 0.2) is 0 Å². The Labute approximate surface area is 182 Å². The van der Waals surface area contributed by atoms with Crippen molar-refractivity contribution >= 4 is 33.2 Å². The summed E-state index contributed by atoms with van der Waals surface area (Å²) in [7, 11) is -2.68. The minimum atomic E-state index is -4.09. The number of ether oxygens (including phenoxy) is 2. The molecule has 1 saturated heterocycles. The summed E-state index contributed by atoms with van der Waals surface area (Å²) in [6.45, 7) is 2.44. The fourth-order valence-electron chi connectivity index (χ4n) is 3.25. The predicted octanol–water partition coefficient (Wildman–Crippen LogP) is 3.15. The number of carbonyl (C=O) groups is 1. The molecule has 0 aromatic heterocycles. The zero-order chi connectivity index (χ0) is 21.7. The number of aryl methyl sites for hydroxylation is 1. The number of rotatable bonds is 8. The molecule has 3 rings (SSSR count). The van der Waals surface area contributed by atoms with Gasteiger partial charge >= 0.3 is 0 Å². The number of nitrogens with one attached hydrogen (secondary N) is 1. The maximum atomic E-state index is 13.6. The Morgan fingerprint density at radius 3 is 2.63 bits per heavy atom. The van der Waals surface area contributed by atoms with Crippen LogP contribution in [0.4, 0.5) is 5.69 Å². The lowest BCUT2D eigenvalue weighted by atomic mass is 10.2. The quantitative estimate of drug-likeness (QED) is 0.665. The van der Waals surface area contributed by atoms with Gasteiger partial charge in [0.2, 0.25) is 5.91 Å². The molecular formula is C21H25ClN2O5S. The fourth-order valence-corrected chi connectivity index (χ4v) is 5.04. The number of hydrogen-bond acceptors (Lipinski definition) is 5. The van der Waals surface area contributed by atoms with E-state index in [1.807, 2.05) is 0 Å². The highest BCUT2D eigenvalue weighted by Gasteiger charge is 2.30. The van der Waals surface area contributed by atoms with Crippen molar-refractivity contribution < 1.29 is 22.7 Å². The van der Waals surface area contributed by atoms with Crippen LogP contribution in [-0.2, 0) is 19.6 Å². The Morgan fingerprint density at radius 1 is 1.27 bits per heavy atom. The summed E-state index contributed by atoms with van der Waals surface area (Å²) in [5.41, 5.74) is 1.09. The van der Waals surface area contributed by atoms with E-state index in [-0.39, 0.29) is 23.3 Å². The smallest absolute Gasteiger partial charge is 0.268 e. The van der Waals surface area contributed by atoms with Crippen LogP contribution < -0.4 is 14.4 Å². The van der Waals surface area contributed by atoms with Crippen LogP contribution in [-0.4, -0.2) is 47.2 Å². The van der Waals surface area contributed by atoms with E-state index in [1.54, 1.807) is 43.3 Å². The lowest BCUT2D eigenvalue weighted by Crippen LogP contribution is -2.43. The standard InChI is InChI=1S/C21H25ClN2O5S/c1-15-5-10-19(28-2)20(12-15)30(26,27)24(17-8-6-16(22)7-9-17)14-21(25)23-13-18-4-3-11-29-18/h5-10,12,18H,3-4,11,13-14H2,1-2H3,(H,23,25)/t18-/m0/s1. The molecule has 1 amide bonds. The molecule has 1 heterocycles. The molecule has 0 spiro atoms. The van der Waals surface area contributed by atoms with Crippen LogP contribution in [0.2, 0.25) is 5.02 Å². The third kappa shape index (κ3) is 5.24. The highest BCUT2D eigenvalue weighted by Crippen LogP contribution is 2.31. The van der Waals surface area contributed by atoms with Crippen LogP contribution in [0.3, 0.4) is 0 Å². The number of sulfonamides is 1. The van der Waals surface area contributed by atoms with E-state index in [2.05, 4.69) is 5.32 Å². The Balaban J connectivity index is 1.91. The fraction of sp³-hybridized carbons (Fsp3) is 0.381. The van der Waals surface area contributed by atoms with Gasteiger partial charge in [-0.1, -0.05) is 17.7 Å². The van der Waals surface area contributed by atoms with Gasteiger partial charge in [-0.2, -0.15) is 0 Å². The van der Waals surface area contributed by atoms with Crippen molar-refractivity contribution in [1.29, 1.82) is 0 Å². The van der Waals surface area contributed by atoms with Crippen molar-refractivity contribution in [2.24, 2.45) is 0 Å². The largest absolute Gasteiger partial charge is 0.495 e. The Bertz CT molecular complexity index is 989. The molecule has 1 fully saturated rings. The third-order valence-corrected chi connectivity index (χ3v) is 6.89. The van der Waals surface area contributed by atoms with Gasteiger partial charge in [-0.3, -0.25) is 9.10 Å². The summed E-state index contributed by atoms with van der Waals surface area (Å²) < 4.78 is 38.9. The zero-order valence-electron chi connectivity index (χ0n) is 16.9. The van der Waals surface area contributed by atoms with Gasteiger partial charge in [0.05, 0.1) is 18.9 Å². The molecule has 7 nitrogen and oxygen atoms in total. The summed E-state index contributed by atoms with van der Waals surface area (Å²) in [5.74, 6) is -0.213. The molecule has 0 radical (unpaired) electrons. The van der Waals surface area contributed by atoms with Gasteiger partial charge in [0.25, 0.3) is 10.0 Å². The van der Waals surface area contributed by atoms with E-state index >= 15 is 0 Å². The Hall–Kier alpha value is -2.29.